The predicted molar refractivity (Wildman–Crippen MR) is 40.9 cm³/mol. The van der Waals surface area contributed by atoms with Gasteiger partial charge in [0.25, 0.3) is 0 Å². The second-order valence-corrected chi connectivity index (χ2v) is 1.86. The van der Waals surface area contributed by atoms with E-state index in [1.807, 2.05) is 6.20 Å². The third kappa shape index (κ3) is 4.92. The first kappa shape index (κ1) is 8.06. The molecule has 0 aliphatic heterocycles. The predicted octanol–water partition coefficient (Wildman–Crippen LogP) is 2.19. The van der Waals surface area contributed by atoms with Gasteiger partial charge in [0.2, 0.25) is 0 Å². The van der Waals surface area contributed by atoms with E-state index in [1.54, 1.807) is 6.20 Å². The van der Waals surface area contributed by atoms with Crippen molar-refractivity contribution in [3.05, 3.63) is 30.3 Å². The van der Waals surface area contributed by atoms with Gasteiger partial charge in [0.1, 0.15) is 0 Å². The fraction of sp³-hybridized carbons (Fsp3) is 0.375. The summed E-state index contributed by atoms with van der Waals surface area (Å²) in [5, 5.41) is 2.93. The lowest BCUT2D eigenvalue weighted by molar-refractivity contribution is 1.04. The second-order valence-electron chi connectivity index (χ2n) is 1.86. The average molecular weight is 123 g/mol. The van der Waals surface area contributed by atoms with Crippen LogP contribution in [0.4, 0.5) is 0 Å². The molecule has 0 spiro atoms. The first-order chi connectivity index (χ1) is 4.31. The minimum atomic E-state index is 1.08. The zero-order valence-electron chi connectivity index (χ0n) is 6.07. The molecular formula is C8H13N. The third-order valence-corrected chi connectivity index (χ3v) is 1.07. The van der Waals surface area contributed by atoms with Crippen molar-refractivity contribution in [2.75, 3.05) is 0 Å². The van der Waals surface area contributed by atoms with E-state index >= 15 is 0 Å². The summed E-state index contributed by atoms with van der Waals surface area (Å²) in [5.74, 6) is 0. The van der Waals surface area contributed by atoms with Gasteiger partial charge in [-0.15, -0.1) is 5.73 Å². The fourth-order valence-corrected chi connectivity index (χ4v) is 0.345. The number of nitrogens with one attached hydrogen (secondary N) is 1. The molecule has 0 atom stereocenters. The molecule has 0 unspecified atom stereocenters. The molecule has 1 N–H and O–H groups in total. The molecule has 1 heteroatoms. The summed E-state index contributed by atoms with van der Waals surface area (Å²) in [4.78, 5) is 0. The first-order valence-corrected chi connectivity index (χ1v) is 3.07. The molecule has 0 amide bonds. The Balaban J connectivity index is 3.55. The molecule has 0 aliphatic rings. The van der Waals surface area contributed by atoms with Crippen LogP contribution in [0.15, 0.2) is 30.3 Å². The van der Waals surface area contributed by atoms with Gasteiger partial charge in [0.05, 0.1) is 0 Å². The SMILES string of the molecule is C=C=CN/C=C(\C)CC. The van der Waals surface area contributed by atoms with Gasteiger partial charge >= 0.3 is 0 Å². The monoisotopic (exact) mass is 123 g/mol. The topological polar surface area (TPSA) is 12.0 Å². The molecule has 0 saturated heterocycles. The van der Waals surface area contributed by atoms with Gasteiger partial charge in [0, 0.05) is 6.20 Å². The Labute approximate surface area is 56.8 Å². The highest BCUT2D eigenvalue weighted by Crippen LogP contribution is 1.93. The van der Waals surface area contributed by atoms with E-state index < -0.39 is 0 Å². The van der Waals surface area contributed by atoms with E-state index in [0.29, 0.717) is 0 Å². The van der Waals surface area contributed by atoms with Crippen molar-refractivity contribution in [1.82, 2.24) is 5.32 Å². The lowest BCUT2D eigenvalue weighted by Gasteiger charge is -1.92. The number of hydrogen-bond acceptors (Lipinski definition) is 1. The highest BCUT2D eigenvalue weighted by molar-refractivity contribution is 4.97. The Kier molecular flexibility index (Phi) is 4.66. The molecule has 0 fully saturated rings. The normalized spacial score (nSPS) is 10.2. The van der Waals surface area contributed by atoms with Gasteiger partial charge in [-0.1, -0.05) is 19.1 Å². The quantitative estimate of drug-likeness (QED) is 0.567. The van der Waals surface area contributed by atoms with Gasteiger partial charge < -0.3 is 5.32 Å². The van der Waals surface area contributed by atoms with Crippen LogP contribution in [0.5, 0.6) is 0 Å². The maximum atomic E-state index is 3.41. The van der Waals surface area contributed by atoms with Crippen molar-refractivity contribution < 1.29 is 0 Å². The molecule has 0 bridgehead atoms. The zero-order valence-corrected chi connectivity index (χ0v) is 6.07. The molecule has 0 aromatic carbocycles. The van der Waals surface area contributed by atoms with Crippen LogP contribution in [0.1, 0.15) is 20.3 Å². The van der Waals surface area contributed by atoms with E-state index in [1.165, 1.54) is 5.57 Å². The Morgan fingerprint density at radius 3 is 2.89 bits per heavy atom. The molecule has 0 aromatic rings. The molecule has 50 valence electrons. The van der Waals surface area contributed by atoms with Gasteiger partial charge in [0.15, 0.2) is 0 Å². The van der Waals surface area contributed by atoms with E-state index in [9.17, 15) is 0 Å². The Bertz CT molecular complexity index is 139. The van der Waals surface area contributed by atoms with Crippen molar-refractivity contribution in [2.24, 2.45) is 0 Å². The van der Waals surface area contributed by atoms with Crippen LogP contribution >= 0.6 is 0 Å². The Morgan fingerprint density at radius 1 is 1.78 bits per heavy atom. The van der Waals surface area contributed by atoms with Crippen molar-refractivity contribution in [3.8, 4) is 0 Å². The van der Waals surface area contributed by atoms with Crippen molar-refractivity contribution >= 4 is 0 Å². The summed E-state index contributed by atoms with van der Waals surface area (Å²) >= 11 is 0. The van der Waals surface area contributed by atoms with Crippen molar-refractivity contribution in [2.45, 2.75) is 20.3 Å². The molecule has 0 radical (unpaired) electrons. The van der Waals surface area contributed by atoms with E-state index in [0.717, 1.165) is 6.42 Å². The van der Waals surface area contributed by atoms with Crippen LogP contribution in [-0.4, -0.2) is 0 Å². The van der Waals surface area contributed by atoms with Crippen LogP contribution in [0.25, 0.3) is 0 Å². The molecule has 0 aliphatic carbocycles. The summed E-state index contributed by atoms with van der Waals surface area (Å²) in [6.45, 7) is 7.60. The summed E-state index contributed by atoms with van der Waals surface area (Å²) < 4.78 is 0. The van der Waals surface area contributed by atoms with Crippen LogP contribution in [0.2, 0.25) is 0 Å². The van der Waals surface area contributed by atoms with Crippen molar-refractivity contribution in [3.63, 3.8) is 0 Å². The van der Waals surface area contributed by atoms with Gasteiger partial charge in [-0.2, -0.15) is 0 Å². The van der Waals surface area contributed by atoms with Crippen LogP contribution in [0.3, 0.4) is 0 Å². The molecule has 0 saturated carbocycles. The van der Waals surface area contributed by atoms with Crippen LogP contribution in [0, 0.1) is 0 Å². The highest BCUT2D eigenvalue weighted by Gasteiger charge is 1.77. The van der Waals surface area contributed by atoms with Crippen molar-refractivity contribution in [1.29, 1.82) is 0 Å². The number of rotatable bonds is 3. The minimum absolute atomic E-state index is 1.08. The highest BCUT2D eigenvalue weighted by atomic mass is 14.8. The Morgan fingerprint density at radius 2 is 2.44 bits per heavy atom. The van der Waals surface area contributed by atoms with E-state index in [2.05, 4.69) is 31.5 Å². The smallest absolute Gasteiger partial charge is 0.0431 e. The average Bonchev–Trinajstić information content (AvgIpc) is 1.89. The minimum Gasteiger partial charge on any atom is -0.361 e. The standard InChI is InChI=1S/C8H13N/c1-4-6-9-7-8(3)5-2/h6-7,9H,1,5H2,2-3H3/b8-7+. The molecule has 0 rings (SSSR count). The van der Waals surface area contributed by atoms with Gasteiger partial charge in [-0.05, 0) is 19.5 Å². The van der Waals surface area contributed by atoms with Gasteiger partial charge in [-0.25, -0.2) is 0 Å². The Hall–Kier alpha value is -0.940. The lowest BCUT2D eigenvalue weighted by atomic mass is 10.3. The molecule has 9 heavy (non-hydrogen) atoms. The maximum Gasteiger partial charge on any atom is 0.0431 e. The summed E-state index contributed by atoms with van der Waals surface area (Å²) in [7, 11) is 0. The molecule has 0 heterocycles. The van der Waals surface area contributed by atoms with Gasteiger partial charge in [-0.3, -0.25) is 0 Å². The maximum absolute atomic E-state index is 3.41. The fourth-order valence-electron chi connectivity index (χ4n) is 0.345. The largest absolute Gasteiger partial charge is 0.361 e. The van der Waals surface area contributed by atoms with Crippen LogP contribution < -0.4 is 5.32 Å². The molecule has 1 nitrogen and oxygen atoms in total. The third-order valence-electron chi connectivity index (χ3n) is 1.07. The number of hydrogen-bond donors (Lipinski definition) is 1. The second kappa shape index (κ2) is 5.20. The molecule has 0 aromatic heterocycles. The lowest BCUT2D eigenvalue weighted by Crippen LogP contribution is -1.91. The van der Waals surface area contributed by atoms with Crippen LogP contribution in [-0.2, 0) is 0 Å². The van der Waals surface area contributed by atoms with E-state index in [4.69, 9.17) is 0 Å². The zero-order chi connectivity index (χ0) is 7.11. The summed E-state index contributed by atoms with van der Waals surface area (Å²) in [6.07, 6.45) is 4.70. The van der Waals surface area contributed by atoms with E-state index in [-0.39, 0.29) is 0 Å². The summed E-state index contributed by atoms with van der Waals surface area (Å²) in [6, 6.07) is 0. The molecular weight excluding hydrogens is 110 g/mol. The first-order valence-electron chi connectivity index (χ1n) is 3.07. The summed E-state index contributed by atoms with van der Waals surface area (Å²) in [5.41, 5.74) is 3.94. The number of allylic oxidation sites excluding steroid dienone is 1.